The first-order valence-corrected chi connectivity index (χ1v) is 9.30. The highest BCUT2D eigenvalue weighted by atomic mass is 32.2. The molecule has 1 aromatic rings. The molecule has 1 aliphatic heterocycles. The summed E-state index contributed by atoms with van der Waals surface area (Å²) in [6.45, 7) is 3.74. The Hall–Kier alpha value is -1.80. The Labute approximate surface area is 143 Å². The van der Waals surface area contributed by atoms with E-state index >= 15 is 0 Å². The van der Waals surface area contributed by atoms with Gasteiger partial charge < -0.3 is 14.8 Å². The lowest BCUT2D eigenvalue weighted by molar-refractivity contribution is -0.114. The molecular weight excluding hydrogens is 332 g/mol. The summed E-state index contributed by atoms with van der Waals surface area (Å²) in [7, 11) is -0.882. The maximum Gasteiger partial charge on any atom is 0.247 e. The van der Waals surface area contributed by atoms with Gasteiger partial charge in [0.05, 0.1) is 19.9 Å². The van der Waals surface area contributed by atoms with Crippen LogP contribution in [0.3, 0.4) is 0 Å². The number of nitrogens with one attached hydrogen (secondary N) is 1. The molecule has 0 aromatic heterocycles. The second-order valence-electron chi connectivity index (χ2n) is 5.85. The van der Waals surface area contributed by atoms with E-state index in [9.17, 15) is 13.2 Å². The van der Waals surface area contributed by atoms with Crippen molar-refractivity contribution in [1.82, 2.24) is 4.31 Å². The molecule has 1 saturated heterocycles. The van der Waals surface area contributed by atoms with Crippen molar-refractivity contribution < 1.29 is 22.7 Å². The molecule has 0 radical (unpaired) electrons. The Bertz CT molecular complexity index is 717. The molecule has 134 valence electrons. The Balaban J connectivity index is 2.56. The van der Waals surface area contributed by atoms with E-state index in [0.29, 0.717) is 18.0 Å². The van der Waals surface area contributed by atoms with Gasteiger partial charge in [0.1, 0.15) is 16.4 Å². The predicted octanol–water partition coefficient (Wildman–Crippen LogP) is 2.23. The topological polar surface area (TPSA) is 84.9 Å². The molecule has 8 heteroatoms. The van der Waals surface area contributed by atoms with Gasteiger partial charge in [0.15, 0.2) is 0 Å². The molecule has 0 unspecified atom stereocenters. The maximum atomic E-state index is 13.1. The SMILES string of the molecule is COc1cc(OC)c(S(=O)(=O)N2CCCC[C@H]2C)cc1NC(C)=O. The Kier molecular flexibility index (Phi) is 5.71. The number of nitrogens with zero attached hydrogens (tertiary/aromatic N) is 1. The molecule has 0 bridgehead atoms. The zero-order chi connectivity index (χ0) is 17.9. The van der Waals surface area contributed by atoms with Crippen LogP contribution in [0.15, 0.2) is 17.0 Å². The predicted molar refractivity (Wildman–Crippen MR) is 91.1 cm³/mol. The van der Waals surface area contributed by atoms with Gasteiger partial charge in [0, 0.05) is 25.6 Å². The van der Waals surface area contributed by atoms with Gasteiger partial charge in [0.2, 0.25) is 15.9 Å². The number of anilines is 1. The van der Waals surface area contributed by atoms with E-state index in [2.05, 4.69) is 5.32 Å². The van der Waals surface area contributed by atoms with Crippen LogP contribution >= 0.6 is 0 Å². The fraction of sp³-hybridized carbons (Fsp3) is 0.562. The van der Waals surface area contributed by atoms with E-state index in [1.54, 1.807) is 0 Å². The summed E-state index contributed by atoms with van der Waals surface area (Å²) < 4.78 is 38.2. The number of hydrogen-bond acceptors (Lipinski definition) is 5. The standard InChI is InChI=1S/C16H24N2O5S/c1-11-7-5-6-8-18(11)24(20,21)16-9-13(17-12(2)19)14(22-3)10-15(16)23-4/h9-11H,5-8H2,1-4H3,(H,17,19)/t11-/m1/s1. The summed E-state index contributed by atoms with van der Waals surface area (Å²) in [5.74, 6) is 0.222. The summed E-state index contributed by atoms with van der Waals surface area (Å²) in [5.41, 5.74) is 0.300. The molecule has 0 aliphatic carbocycles. The van der Waals surface area contributed by atoms with Gasteiger partial charge in [-0.1, -0.05) is 6.42 Å². The third-order valence-electron chi connectivity index (χ3n) is 4.13. The highest BCUT2D eigenvalue weighted by Gasteiger charge is 2.34. The van der Waals surface area contributed by atoms with Crippen molar-refractivity contribution in [3.63, 3.8) is 0 Å². The number of rotatable bonds is 5. The van der Waals surface area contributed by atoms with Gasteiger partial charge in [-0.3, -0.25) is 4.79 Å². The molecule has 0 spiro atoms. The molecule has 24 heavy (non-hydrogen) atoms. The average Bonchev–Trinajstić information content (AvgIpc) is 2.54. The van der Waals surface area contributed by atoms with Crippen LogP contribution in [0.25, 0.3) is 0 Å². The van der Waals surface area contributed by atoms with Crippen molar-refractivity contribution in [3.8, 4) is 11.5 Å². The summed E-state index contributed by atoms with van der Waals surface area (Å²) in [4.78, 5) is 11.4. The number of hydrogen-bond donors (Lipinski definition) is 1. The first-order chi connectivity index (χ1) is 11.3. The Morgan fingerprint density at radius 3 is 2.42 bits per heavy atom. The summed E-state index contributed by atoms with van der Waals surface area (Å²) in [6, 6.07) is 2.81. The van der Waals surface area contributed by atoms with E-state index in [1.165, 1.54) is 37.6 Å². The molecule has 1 fully saturated rings. The van der Waals surface area contributed by atoms with Crippen LogP contribution in [-0.4, -0.2) is 45.4 Å². The number of ether oxygens (including phenoxy) is 2. The normalized spacial score (nSPS) is 18.9. The summed E-state index contributed by atoms with van der Waals surface area (Å²) >= 11 is 0. The van der Waals surface area contributed by atoms with Crippen LogP contribution in [0.4, 0.5) is 5.69 Å². The second kappa shape index (κ2) is 7.40. The van der Waals surface area contributed by atoms with Crippen LogP contribution in [0.5, 0.6) is 11.5 Å². The van der Waals surface area contributed by atoms with Crippen molar-refractivity contribution in [1.29, 1.82) is 0 Å². The number of methoxy groups -OCH3 is 2. The third kappa shape index (κ3) is 3.64. The lowest BCUT2D eigenvalue weighted by Crippen LogP contribution is -2.42. The first kappa shape index (κ1) is 18.5. The number of amides is 1. The van der Waals surface area contributed by atoms with Gasteiger partial charge in [-0.2, -0.15) is 4.31 Å². The van der Waals surface area contributed by atoms with Crippen molar-refractivity contribution in [2.75, 3.05) is 26.1 Å². The average molecular weight is 356 g/mol. The molecule has 1 N–H and O–H groups in total. The highest BCUT2D eigenvalue weighted by molar-refractivity contribution is 7.89. The summed E-state index contributed by atoms with van der Waals surface area (Å²) in [5, 5.41) is 2.60. The molecular formula is C16H24N2O5S. The number of sulfonamides is 1. The number of benzene rings is 1. The largest absolute Gasteiger partial charge is 0.495 e. The van der Waals surface area contributed by atoms with E-state index in [4.69, 9.17) is 9.47 Å². The first-order valence-electron chi connectivity index (χ1n) is 7.86. The fourth-order valence-electron chi connectivity index (χ4n) is 2.91. The lowest BCUT2D eigenvalue weighted by atomic mass is 10.1. The molecule has 0 saturated carbocycles. The monoisotopic (exact) mass is 356 g/mol. The number of carbonyl (C=O) groups is 1. The van der Waals surface area contributed by atoms with E-state index in [1.807, 2.05) is 6.92 Å². The van der Waals surface area contributed by atoms with Crippen molar-refractivity contribution in [2.45, 2.75) is 44.0 Å². The molecule has 1 atom stereocenters. The summed E-state index contributed by atoms with van der Waals surface area (Å²) in [6.07, 6.45) is 2.68. The molecule has 1 aromatic carbocycles. The van der Waals surface area contributed by atoms with Crippen LogP contribution in [-0.2, 0) is 14.8 Å². The Morgan fingerprint density at radius 2 is 1.88 bits per heavy atom. The number of piperidine rings is 1. The zero-order valence-electron chi connectivity index (χ0n) is 14.5. The minimum atomic E-state index is -3.74. The van der Waals surface area contributed by atoms with E-state index in [-0.39, 0.29) is 22.6 Å². The fourth-order valence-corrected chi connectivity index (χ4v) is 4.78. The maximum absolute atomic E-state index is 13.1. The molecule has 1 amide bonds. The molecule has 7 nitrogen and oxygen atoms in total. The van der Waals surface area contributed by atoms with E-state index in [0.717, 1.165) is 19.3 Å². The van der Waals surface area contributed by atoms with Crippen molar-refractivity contribution in [2.24, 2.45) is 0 Å². The van der Waals surface area contributed by atoms with Crippen LogP contribution in [0.2, 0.25) is 0 Å². The second-order valence-corrected chi connectivity index (χ2v) is 7.70. The van der Waals surface area contributed by atoms with Gasteiger partial charge in [-0.25, -0.2) is 8.42 Å². The molecule has 2 rings (SSSR count). The minimum Gasteiger partial charge on any atom is -0.495 e. The van der Waals surface area contributed by atoms with Gasteiger partial charge >= 0.3 is 0 Å². The van der Waals surface area contributed by atoms with Crippen LogP contribution in [0.1, 0.15) is 33.1 Å². The Morgan fingerprint density at radius 1 is 1.21 bits per heavy atom. The van der Waals surface area contributed by atoms with Gasteiger partial charge in [-0.05, 0) is 25.8 Å². The zero-order valence-corrected chi connectivity index (χ0v) is 15.3. The molecule has 1 heterocycles. The third-order valence-corrected chi connectivity index (χ3v) is 6.16. The van der Waals surface area contributed by atoms with Crippen LogP contribution in [0, 0.1) is 0 Å². The van der Waals surface area contributed by atoms with E-state index < -0.39 is 10.0 Å². The van der Waals surface area contributed by atoms with Crippen molar-refractivity contribution in [3.05, 3.63) is 12.1 Å². The minimum absolute atomic E-state index is 0.0308. The van der Waals surface area contributed by atoms with Gasteiger partial charge in [-0.15, -0.1) is 0 Å². The smallest absolute Gasteiger partial charge is 0.247 e. The van der Waals surface area contributed by atoms with Crippen molar-refractivity contribution >= 4 is 21.6 Å². The highest BCUT2D eigenvalue weighted by Crippen LogP contribution is 2.38. The number of carbonyl (C=O) groups excluding carboxylic acids is 1. The van der Waals surface area contributed by atoms with Crippen LogP contribution < -0.4 is 14.8 Å². The van der Waals surface area contributed by atoms with Gasteiger partial charge in [0.25, 0.3) is 0 Å². The quantitative estimate of drug-likeness (QED) is 0.874. The molecule has 1 aliphatic rings. The lowest BCUT2D eigenvalue weighted by Gasteiger charge is -2.32.